The van der Waals surface area contributed by atoms with Crippen molar-refractivity contribution >= 4 is 5.97 Å². The summed E-state index contributed by atoms with van der Waals surface area (Å²) in [4.78, 5) is 9.90. The van der Waals surface area contributed by atoms with Crippen LogP contribution in [0.25, 0.3) is 0 Å². The molecule has 0 aromatic carbocycles. The molecule has 2 nitrogen and oxygen atoms in total. The monoisotopic (exact) mass is 153 g/mol. The van der Waals surface area contributed by atoms with E-state index in [1.54, 1.807) is 0 Å². The van der Waals surface area contributed by atoms with Crippen LogP contribution < -0.4 is 5.11 Å². The summed E-state index contributed by atoms with van der Waals surface area (Å²) in [6.07, 6.45) is -5.30. The lowest BCUT2D eigenvalue weighted by molar-refractivity contribution is -0.330. The average Bonchev–Trinajstić information content (AvgIpc) is 2.36. The molecule has 0 aromatic heterocycles. The summed E-state index contributed by atoms with van der Waals surface area (Å²) in [6, 6.07) is 0. The van der Waals surface area contributed by atoms with Gasteiger partial charge in [-0.25, -0.2) is 0 Å². The molecular formula is C5H4F3O2-. The SMILES string of the molecule is O=C([O-])C1(C(F)(F)F)CC1. The minimum atomic E-state index is -4.63. The number of carboxylic acids is 1. The Bertz CT molecular complexity index is 168. The minimum Gasteiger partial charge on any atom is -0.549 e. The van der Waals surface area contributed by atoms with Crippen LogP contribution in [-0.2, 0) is 4.79 Å². The van der Waals surface area contributed by atoms with E-state index in [4.69, 9.17) is 0 Å². The molecule has 0 unspecified atom stereocenters. The molecule has 0 bridgehead atoms. The number of carbonyl (C=O) groups excluding carboxylic acids is 1. The molecule has 5 heteroatoms. The van der Waals surface area contributed by atoms with Crippen LogP contribution in [0.4, 0.5) is 13.2 Å². The van der Waals surface area contributed by atoms with Crippen LogP contribution >= 0.6 is 0 Å². The van der Waals surface area contributed by atoms with Crippen molar-refractivity contribution in [2.45, 2.75) is 19.0 Å². The van der Waals surface area contributed by atoms with Crippen molar-refractivity contribution in [3.8, 4) is 0 Å². The average molecular weight is 153 g/mol. The number of carbonyl (C=O) groups is 1. The van der Waals surface area contributed by atoms with Crippen LogP contribution in [0.1, 0.15) is 12.8 Å². The molecule has 0 spiro atoms. The molecule has 58 valence electrons. The van der Waals surface area contributed by atoms with Gasteiger partial charge in [-0.1, -0.05) is 0 Å². The van der Waals surface area contributed by atoms with Gasteiger partial charge in [-0.2, -0.15) is 13.2 Å². The van der Waals surface area contributed by atoms with Gasteiger partial charge >= 0.3 is 6.18 Å². The van der Waals surface area contributed by atoms with E-state index in [-0.39, 0.29) is 12.8 Å². The summed E-state index contributed by atoms with van der Waals surface area (Å²) in [5, 5.41) is 9.90. The first-order valence-corrected chi connectivity index (χ1v) is 2.68. The van der Waals surface area contributed by atoms with Gasteiger partial charge in [-0.15, -0.1) is 0 Å². The Labute approximate surface area is 54.6 Å². The predicted octanol–water partition coefficient (Wildman–Crippen LogP) is 0.0788. The molecule has 0 radical (unpaired) electrons. The van der Waals surface area contributed by atoms with E-state index < -0.39 is 17.6 Å². The van der Waals surface area contributed by atoms with Gasteiger partial charge in [0.1, 0.15) is 5.41 Å². The topological polar surface area (TPSA) is 40.1 Å². The van der Waals surface area contributed by atoms with Crippen LogP contribution in [0.3, 0.4) is 0 Å². The zero-order valence-electron chi connectivity index (χ0n) is 4.86. The number of aliphatic carboxylic acids is 1. The van der Waals surface area contributed by atoms with Crippen molar-refractivity contribution in [2.75, 3.05) is 0 Å². The smallest absolute Gasteiger partial charge is 0.399 e. The zero-order valence-corrected chi connectivity index (χ0v) is 4.86. The quantitative estimate of drug-likeness (QED) is 0.535. The second-order valence-corrected chi connectivity index (χ2v) is 2.37. The van der Waals surface area contributed by atoms with E-state index in [0.29, 0.717) is 0 Å². The molecule has 1 aliphatic rings. The Morgan fingerprint density at radius 2 is 1.80 bits per heavy atom. The fraction of sp³-hybridized carbons (Fsp3) is 0.800. The van der Waals surface area contributed by atoms with Crippen molar-refractivity contribution in [3.63, 3.8) is 0 Å². The van der Waals surface area contributed by atoms with Gasteiger partial charge in [-0.05, 0) is 12.8 Å². The van der Waals surface area contributed by atoms with Crippen molar-refractivity contribution in [1.82, 2.24) is 0 Å². The molecule has 0 aliphatic heterocycles. The molecule has 0 atom stereocenters. The standard InChI is InChI=1S/C5H5F3O2/c6-5(7,8)4(1-2-4)3(9)10/h1-2H2,(H,9,10)/p-1. The van der Waals surface area contributed by atoms with Gasteiger partial charge in [0.2, 0.25) is 0 Å². The zero-order chi connectivity index (χ0) is 7.99. The van der Waals surface area contributed by atoms with Crippen molar-refractivity contribution < 1.29 is 23.1 Å². The van der Waals surface area contributed by atoms with Crippen LogP contribution in [-0.4, -0.2) is 12.1 Å². The number of rotatable bonds is 1. The molecule has 0 amide bonds. The number of carboxylic acid groups (broad SMARTS) is 1. The number of hydrogen-bond acceptors (Lipinski definition) is 2. The van der Waals surface area contributed by atoms with Gasteiger partial charge in [0, 0.05) is 0 Å². The second-order valence-electron chi connectivity index (χ2n) is 2.37. The van der Waals surface area contributed by atoms with Crippen molar-refractivity contribution in [2.24, 2.45) is 5.41 Å². The van der Waals surface area contributed by atoms with Gasteiger partial charge in [-0.3, -0.25) is 0 Å². The molecule has 1 aliphatic carbocycles. The Balaban J connectivity index is 2.80. The third-order valence-electron chi connectivity index (χ3n) is 1.68. The first-order valence-electron chi connectivity index (χ1n) is 2.68. The highest BCUT2D eigenvalue weighted by molar-refractivity contribution is 5.76. The Kier molecular flexibility index (Phi) is 1.21. The lowest BCUT2D eigenvalue weighted by Crippen LogP contribution is -2.42. The molecule has 1 fully saturated rings. The van der Waals surface area contributed by atoms with Gasteiger partial charge in [0.15, 0.2) is 0 Å². The van der Waals surface area contributed by atoms with Gasteiger partial charge < -0.3 is 9.90 Å². The fourth-order valence-corrected chi connectivity index (χ4v) is 0.728. The van der Waals surface area contributed by atoms with Gasteiger partial charge in [0.05, 0.1) is 5.97 Å². The van der Waals surface area contributed by atoms with Crippen molar-refractivity contribution in [3.05, 3.63) is 0 Å². The van der Waals surface area contributed by atoms with Crippen LogP contribution in [0.2, 0.25) is 0 Å². The highest BCUT2D eigenvalue weighted by Crippen LogP contribution is 2.57. The Morgan fingerprint density at radius 1 is 1.40 bits per heavy atom. The van der Waals surface area contributed by atoms with Gasteiger partial charge in [0.25, 0.3) is 0 Å². The van der Waals surface area contributed by atoms with E-state index in [9.17, 15) is 23.1 Å². The predicted molar refractivity (Wildman–Crippen MR) is 22.7 cm³/mol. The molecule has 0 aromatic rings. The maximum Gasteiger partial charge on any atom is 0.399 e. The van der Waals surface area contributed by atoms with E-state index in [1.807, 2.05) is 0 Å². The first-order chi connectivity index (χ1) is 4.40. The maximum atomic E-state index is 11.7. The summed E-state index contributed by atoms with van der Waals surface area (Å²) in [7, 11) is 0. The molecule has 0 N–H and O–H groups in total. The summed E-state index contributed by atoms with van der Waals surface area (Å²) in [5.41, 5.74) is -2.51. The molecule has 1 rings (SSSR count). The lowest BCUT2D eigenvalue weighted by atomic mass is 10.1. The minimum absolute atomic E-state index is 0.334. The molecule has 0 heterocycles. The largest absolute Gasteiger partial charge is 0.549 e. The Morgan fingerprint density at radius 3 is 1.80 bits per heavy atom. The summed E-state index contributed by atoms with van der Waals surface area (Å²) in [6.45, 7) is 0. The summed E-state index contributed by atoms with van der Waals surface area (Å²) in [5.74, 6) is -2.00. The van der Waals surface area contributed by atoms with E-state index in [2.05, 4.69) is 0 Å². The Hall–Kier alpha value is -0.740. The van der Waals surface area contributed by atoms with Crippen LogP contribution in [0.5, 0.6) is 0 Å². The second kappa shape index (κ2) is 1.65. The van der Waals surface area contributed by atoms with Crippen LogP contribution in [0, 0.1) is 5.41 Å². The molecule has 10 heavy (non-hydrogen) atoms. The molecular weight excluding hydrogens is 149 g/mol. The first kappa shape index (κ1) is 7.37. The van der Waals surface area contributed by atoms with Crippen molar-refractivity contribution in [1.29, 1.82) is 0 Å². The summed E-state index contributed by atoms with van der Waals surface area (Å²) < 4.78 is 35.2. The molecule has 1 saturated carbocycles. The maximum absolute atomic E-state index is 11.7. The fourth-order valence-electron chi connectivity index (χ4n) is 0.728. The van der Waals surface area contributed by atoms with E-state index >= 15 is 0 Å². The van der Waals surface area contributed by atoms with E-state index in [0.717, 1.165) is 0 Å². The number of halogens is 3. The lowest BCUT2D eigenvalue weighted by Gasteiger charge is -2.19. The van der Waals surface area contributed by atoms with Crippen LogP contribution in [0.15, 0.2) is 0 Å². The third kappa shape index (κ3) is 0.767. The number of alkyl halides is 3. The number of hydrogen-bond donors (Lipinski definition) is 0. The van der Waals surface area contributed by atoms with E-state index in [1.165, 1.54) is 0 Å². The highest BCUT2D eigenvalue weighted by Gasteiger charge is 2.64. The molecule has 0 saturated heterocycles. The normalized spacial score (nSPS) is 22.3. The third-order valence-corrected chi connectivity index (χ3v) is 1.68. The summed E-state index contributed by atoms with van der Waals surface area (Å²) >= 11 is 0. The highest BCUT2D eigenvalue weighted by atomic mass is 19.4.